The Labute approximate surface area is 213 Å². The van der Waals surface area contributed by atoms with Crippen LogP contribution in [0.15, 0.2) is 60.8 Å². The molecule has 1 aliphatic heterocycles. The molecule has 190 valence electrons. The van der Waals surface area contributed by atoms with Gasteiger partial charge in [-0.2, -0.15) is 5.10 Å². The van der Waals surface area contributed by atoms with Crippen molar-refractivity contribution in [3.8, 4) is 0 Å². The molecule has 36 heavy (non-hydrogen) atoms. The fourth-order valence-corrected chi connectivity index (χ4v) is 5.29. The van der Waals surface area contributed by atoms with Gasteiger partial charge in [0.15, 0.2) is 0 Å². The number of carbonyl (C=O) groups excluding carboxylic acids is 2. The van der Waals surface area contributed by atoms with Gasteiger partial charge in [-0.25, -0.2) is 4.79 Å². The Morgan fingerprint density at radius 3 is 2.42 bits per heavy atom. The first-order valence-corrected chi connectivity index (χ1v) is 12.6. The van der Waals surface area contributed by atoms with Crippen LogP contribution in [-0.2, 0) is 24.8 Å². The van der Waals surface area contributed by atoms with Gasteiger partial charge >= 0.3 is 5.97 Å². The molecule has 1 atom stereocenters. The van der Waals surface area contributed by atoms with Gasteiger partial charge in [-0.1, -0.05) is 36.4 Å². The first-order chi connectivity index (χ1) is 17.4. The number of aromatic nitrogens is 2. The number of nitrogens with zero attached hydrogens (tertiary/aromatic N) is 4. The zero-order valence-electron chi connectivity index (χ0n) is 21.7. The topological polar surface area (TPSA) is 67.7 Å². The van der Waals surface area contributed by atoms with Crippen molar-refractivity contribution in [2.24, 2.45) is 13.0 Å². The molecule has 1 amide bonds. The fraction of sp³-hybridized carbons (Fsp3) is 0.414. The predicted octanol–water partition coefficient (Wildman–Crippen LogP) is 4.11. The van der Waals surface area contributed by atoms with Gasteiger partial charge in [-0.15, -0.1) is 0 Å². The van der Waals surface area contributed by atoms with E-state index in [2.05, 4.69) is 60.5 Å². The van der Waals surface area contributed by atoms with E-state index in [4.69, 9.17) is 4.74 Å². The maximum Gasteiger partial charge on any atom is 0.337 e. The number of hydrogen-bond acceptors (Lipinski definition) is 5. The molecule has 1 fully saturated rings. The van der Waals surface area contributed by atoms with Crippen LogP contribution in [0.4, 0.5) is 0 Å². The SMILES string of the molecule is COC(=O)c1cccc(C(=O)N2CCC(C(Cc3ccccc3)N(C)Cc3cn(C)nc3C)CC2)c1. The van der Waals surface area contributed by atoms with Crippen LogP contribution in [0.25, 0.3) is 0 Å². The quantitative estimate of drug-likeness (QED) is 0.447. The number of methoxy groups -OCH3 is 1. The number of hydrogen-bond donors (Lipinski definition) is 0. The molecule has 0 radical (unpaired) electrons. The van der Waals surface area contributed by atoms with E-state index in [1.165, 1.54) is 18.2 Å². The Morgan fingerprint density at radius 2 is 1.78 bits per heavy atom. The zero-order chi connectivity index (χ0) is 25.7. The van der Waals surface area contributed by atoms with Crippen LogP contribution < -0.4 is 0 Å². The van der Waals surface area contributed by atoms with Gasteiger partial charge < -0.3 is 9.64 Å². The molecule has 2 aromatic carbocycles. The summed E-state index contributed by atoms with van der Waals surface area (Å²) in [6.07, 6.45) is 4.96. The summed E-state index contributed by atoms with van der Waals surface area (Å²) in [4.78, 5) is 29.5. The van der Waals surface area contributed by atoms with Crippen molar-refractivity contribution in [2.45, 2.75) is 38.8 Å². The second-order valence-corrected chi connectivity index (χ2v) is 9.79. The highest BCUT2D eigenvalue weighted by atomic mass is 16.5. The maximum absolute atomic E-state index is 13.2. The molecule has 4 rings (SSSR count). The van der Waals surface area contributed by atoms with Gasteiger partial charge in [0, 0.05) is 50.0 Å². The van der Waals surface area contributed by atoms with E-state index in [1.807, 2.05) is 16.6 Å². The van der Waals surface area contributed by atoms with Crippen LogP contribution in [0.3, 0.4) is 0 Å². The van der Waals surface area contributed by atoms with Gasteiger partial charge in [0.2, 0.25) is 0 Å². The molecule has 7 nitrogen and oxygen atoms in total. The molecule has 1 saturated heterocycles. The predicted molar refractivity (Wildman–Crippen MR) is 140 cm³/mol. The first-order valence-electron chi connectivity index (χ1n) is 12.6. The third-order valence-electron chi connectivity index (χ3n) is 7.29. The molecule has 7 heteroatoms. The second kappa shape index (κ2) is 11.5. The molecule has 0 aliphatic carbocycles. The number of aryl methyl sites for hydroxylation is 2. The molecule has 0 spiro atoms. The Kier molecular flexibility index (Phi) is 8.21. The Balaban J connectivity index is 1.46. The highest BCUT2D eigenvalue weighted by molar-refractivity contribution is 5.97. The van der Waals surface area contributed by atoms with Crippen molar-refractivity contribution in [1.29, 1.82) is 0 Å². The second-order valence-electron chi connectivity index (χ2n) is 9.79. The molecule has 1 aliphatic rings. The van der Waals surface area contributed by atoms with E-state index in [1.54, 1.807) is 24.3 Å². The lowest BCUT2D eigenvalue weighted by atomic mass is 9.84. The van der Waals surface area contributed by atoms with Gasteiger partial charge in [0.25, 0.3) is 5.91 Å². The molecule has 1 unspecified atom stereocenters. The van der Waals surface area contributed by atoms with E-state index < -0.39 is 5.97 Å². The lowest BCUT2D eigenvalue weighted by Crippen LogP contribution is -2.46. The number of rotatable bonds is 8. The summed E-state index contributed by atoms with van der Waals surface area (Å²) < 4.78 is 6.68. The van der Waals surface area contributed by atoms with Crippen LogP contribution in [0.1, 0.15) is 50.4 Å². The van der Waals surface area contributed by atoms with E-state index >= 15 is 0 Å². The van der Waals surface area contributed by atoms with Gasteiger partial charge in [-0.05, 0) is 62.9 Å². The summed E-state index contributed by atoms with van der Waals surface area (Å²) in [5.41, 5.74) is 4.57. The average Bonchev–Trinajstić information content (AvgIpc) is 3.23. The Hall–Kier alpha value is -3.45. The molecular formula is C29H36N4O3. The lowest BCUT2D eigenvalue weighted by Gasteiger charge is -2.40. The molecule has 1 aromatic heterocycles. The molecular weight excluding hydrogens is 452 g/mol. The van der Waals surface area contributed by atoms with Crippen molar-refractivity contribution in [3.63, 3.8) is 0 Å². The number of piperidine rings is 1. The summed E-state index contributed by atoms with van der Waals surface area (Å²) in [5.74, 6) is 0.00907. The summed E-state index contributed by atoms with van der Waals surface area (Å²) in [6, 6.07) is 17.8. The standard InChI is InChI=1S/C29H36N4O3/c1-21-26(20-32(3)30-21)19-31(2)27(17-22-9-6-5-7-10-22)23-13-15-33(16-14-23)28(34)24-11-8-12-25(18-24)29(35)36-4/h5-12,18,20,23,27H,13-17,19H2,1-4H3. The summed E-state index contributed by atoms with van der Waals surface area (Å²) >= 11 is 0. The first kappa shape index (κ1) is 25.6. The third kappa shape index (κ3) is 6.02. The Morgan fingerprint density at radius 1 is 1.08 bits per heavy atom. The molecule has 0 saturated carbocycles. The maximum atomic E-state index is 13.2. The average molecular weight is 489 g/mol. The molecule has 0 bridgehead atoms. The lowest BCUT2D eigenvalue weighted by molar-refractivity contribution is 0.0599. The number of benzene rings is 2. The number of carbonyl (C=O) groups is 2. The highest BCUT2D eigenvalue weighted by Gasteiger charge is 2.31. The van der Waals surface area contributed by atoms with Crippen molar-refractivity contribution in [3.05, 3.63) is 88.7 Å². The van der Waals surface area contributed by atoms with Crippen LogP contribution in [0.5, 0.6) is 0 Å². The van der Waals surface area contributed by atoms with E-state index in [0.717, 1.165) is 31.5 Å². The van der Waals surface area contributed by atoms with E-state index in [0.29, 0.717) is 36.2 Å². The number of amides is 1. The summed E-state index contributed by atoms with van der Waals surface area (Å²) in [6.45, 7) is 4.32. The van der Waals surface area contributed by atoms with Crippen LogP contribution >= 0.6 is 0 Å². The van der Waals surface area contributed by atoms with Crippen molar-refractivity contribution in [2.75, 3.05) is 27.2 Å². The van der Waals surface area contributed by atoms with Crippen LogP contribution in [-0.4, -0.2) is 64.7 Å². The molecule has 3 aromatic rings. The van der Waals surface area contributed by atoms with Crippen molar-refractivity contribution >= 4 is 11.9 Å². The van der Waals surface area contributed by atoms with E-state index in [9.17, 15) is 9.59 Å². The highest BCUT2D eigenvalue weighted by Crippen LogP contribution is 2.28. The van der Waals surface area contributed by atoms with Crippen LogP contribution in [0, 0.1) is 12.8 Å². The van der Waals surface area contributed by atoms with E-state index in [-0.39, 0.29) is 5.91 Å². The third-order valence-corrected chi connectivity index (χ3v) is 7.29. The van der Waals surface area contributed by atoms with Crippen molar-refractivity contribution in [1.82, 2.24) is 19.6 Å². The molecule has 2 heterocycles. The minimum absolute atomic E-state index is 0.0295. The number of likely N-dealkylation sites (N-methyl/N-ethyl adjacent to an activating group) is 1. The van der Waals surface area contributed by atoms with Gasteiger partial charge in [-0.3, -0.25) is 14.4 Å². The molecule has 0 N–H and O–H groups in total. The number of ether oxygens (including phenoxy) is 1. The van der Waals surface area contributed by atoms with Crippen molar-refractivity contribution < 1.29 is 14.3 Å². The van der Waals surface area contributed by atoms with Gasteiger partial charge in [0.1, 0.15) is 0 Å². The smallest absolute Gasteiger partial charge is 0.337 e. The minimum Gasteiger partial charge on any atom is -0.465 e. The Bertz CT molecular complexity index is 1180. The zero-order valence-corrected chi connectivity index (χ0v) is 21.7. The van der Waals surface area contributed by atoms with Crippen LogP contribution in [0.2, 0.25) is 0 Å². The summed E-state index contributed by atoms with van der Waals surface area (Å²) in [7, 11) is 5.52. The number of likely N-dealkylation sites (tertiary alicyclic amines) is 1. The summed E-state index contributed by atoms with van der Waals surface area (Å²) in [5, 5.41) is 4.52. The normalized spacial score (nSPS) is 15.2. The fourth-order valence-electron chi connectivity index (χ4n) is 5.29. The monoisotopic (exact) mass is 488 g/mol. The largest absolute Gasteiger partial charge is 0.465 e. The minimum atomic E-state index is -0.431. The number of esters is 1. The van der Waals surface area contributed by atoms with Gasteiger partial charge in [0.05, 0.1) is 18.4 Å².